The first-order valence-electron chi connectivity index (χ1n) is 13.7. The number of hydrogen-bond donors (Lipinski definition) is 2. The lowest BCUT2D eigenvalue weighted by molar-refractivity contribution is -0.207. The molecule has 2 bridgehead atoms. The van der Waals surface area contributed by atoms with E-state index in [-0.39, 0.29) is 16.7 Å². The molecule has 0 amide bonds. The predicted octanol–water partition coefficient (Wildman–Crippen LogP) is 0.838. The highest BCUT2D eigenvalue weighted by Gasteiger charge is 2.86. The summed E-state index contributed by atoms with van der Waals surface area (Å²) >= 11 is 0. The second kappa shape index (κ2) is 7.74. The van der Waals surface area contributed by atoms with E-state index in [1.165, 1.54) is 18.4 Å². The van der Waals surface area contributed by atoms with Crippen molar-refractivity contribution in [2.75, 3.05) is 0 Å². The number of carbonyl (C=O) groups is 4. The lowest BCUT2D eigenvalue weighted by Gasteiger charge is -2.62. The van der Waals surface area contributed by atoms with Gasteiger partial charge in [0.2, 0.25) is 0 Å². The third-order valence-corrected chi connectivity index (χ3v) is 9.91. The van der Waals surface area contributed by atoms with Crippen molar-refractivity contribution in [3.05, 3.63) is 46.3 Å². The zero-order valence-corrected chi connectivity index (χ0v) is 23.1. The van der Waals surface area contributed by atoms with Crippen LogP contribution in [-0.2, 0) is 38.1 Å². The van der Waals surface area contributed by atoms with Gasteiger partial charge in [-0.25, -0.2) is 0 Å². The fourth-order valence-electron chi connectivity index (χ4n) is 8.30. The second-order valence-electron chi connectivity index (χ2n) is 12.7. The SMILES string of the molecule is CC(C)=C[C@H](O)[C@]12O[C@H]1C(=O)C1=C(C2=O)C2C(C)OC1[C@]13C(=O)[C@@]4([C@@H](O)C=C(C)C)O[C@H]4C(=O)C1=CO[C@@H](C)[C@H]23. The summed E-state index contributed by atoms with van der Waals surface area (Å²) < 4.78 is 23.8. The average molecular weight is 553 g/mol. The van der Waals surface area contributed by atoms with Crippen LogP contribution in [0.15, 0.2) is 46.3 Å². The van der Waals surface area contributed by atoms with Crippen molar-refractivity contribution in [2.45, 2.75) is 95.5 Å². The molecule has 0 aromatic heterocycles. The summed E-state index contributed by atoms with van der Waals surface area (Å²) in [6, 6.07) is 0. The fourth-order valence-corrected chi connectivity index (χ4v) is 8.30. The maximum absolute atomic E-state index is 14.8. The molecule has 12 atom stereocenters. The summed E-state index contributed by atoms with van der Waals surface area (Å²) in [7, 11) is 0. The number of ketones is 4. The Morgan fingerprint density at radius 2 is 1.40 bits per heavy atom. The quantitative estimate of drug-likeness (QED) is 0.379. The van der Waals surface area contributed by atoms with E-state index in [1.54, 1.807) is 41.5 Å². The van der Waals surface area contributed by atoms with Crippen LogP contribution in [0.5, 0.6) is 0 Å². The Bertz CT molecular complexity index is 1440. The largest absolute Gasteiger partial charge is 0.498 e. The van der Waals surface area contributed by atoms with E-state index < -0.39 is 94.3 Å². The van der Waals surface area contributed by atoms with Gasteiger partial charge in [0.25, 0.3) is 0 Å². The van der Waals surface area contributed by atoms with Crippen LogP contribution in [0.1, 0.15) is 41.5 Å². The number of fused-ring (bicyclic) bond motifs is 3. The molecule has 1 spiro atoms. The molecule has 5 aliphatic heterocycles. The molecular weight excluding hydrogens is 520 g/mol. The Morgan fingerprint density at radius 1 is 0.825 bits per heavy atom. The zero-order chi connectivity index (χ0) is 28.8. The van der Waals surface area contributed by atoms with Gasteiger partial charge in [-0.05, 0) is 41.5 Å². The first-order valence-corrected chi connectivity index (χ1v) is 13.7. The predicted molar refractivity (Wildman–Crippen MR) is 136 cm³/mol. The average Bonchev–Trinajstić information content (AvgIpc) is 3.78. The number of rotatable bonds is 4. The highest BCUT2D eigenvalue weighted by Crippen LogP contribution is 2.70. The lowest BCUT2D eigenvalue weighted by Crippen LogP contribution is -2.74. The molecular formula is C30H32O10. The van der Waals surface area contributed by atoms with Crippen molar-refractivity contribution >= 4 is 23.1 Å². The Balaban J connectivity index is 1.45. The van der Waals surface area contributed by atoms with E-state index in [2.05, 4.69) is 0 Å². The van der Waals surface area contributed by atoms with Crippen molar-refractivity contribution < 1.29 is 48.3 Å². The molecule has 0 aromatic rings. The highest BCUT2D eigenvalue weighted by atomic mass is 16.6. The number of ether oxygens (including phenoxy) is 4. The summed E-state index contributed by atoms with van der Waals surface area (Å²) in [5.41, 5.74) is -3.55. The van der Waals surface area contributed by atoms with Gasteiger partial charge in [0.05, 0.1) is 18.5 Å². The minimum absolute atomic E-state index is 0.0129. The standard InChI is InChI=1S/C30H32O10/c1-10(2)7-15(31)29-23(35)18-17-12(5)38-24(19(18)22(34)26(29)39-29)28-14(9-37-13(6)20(17)28)21(33)25-30(40-25,27(28)36)16(32)8-11(3)4/h7-9,12-13,15-17,20,24-26,31-32H,1-6H3/t12?,13-,15-,16-,17?,20+,24?,25-,26-,28-,29+,30-/m0/s1. The van der Waals surface area contributed by atoms with Gasteiger partial charge in [-0.15, -0.1) is 0 Å². The number of aliphatic hydroxyl groups is 2. The maximum Gasteiger partial charge on any atom is 0.197 e. The highest BCUT2D eigenvalue weighted by molar-refractivity contribution is 6.26. The molecule has 3 unspecified atom stereocenters. The van der Waals surface area contributed by atoms with Crippen LogP contribution in [-0.4, -0.2) is 87.3 Å². The fraction of sp³-hybridized carbons (Fsp3) is 0.600. The summed E-state index contributed by atoms with van der Waals surface area (Å²) in [6.07, 6.45) is -3.47. The Morgan fingerprint density at radius 3 is 2.02 bits per heavy atom. The number of allylic oxidation sites excluding steroid dienone is 2. The Hall–Kier alpha value is -2.76. The first kappa shape index (κ1) is 26.2. The van der Waals surface area contributed by atoms with Crippen molar-refractivity contribution in [1.29, 1.82) is 0 Å². The van der Waals surface area contributed by atoms with E-state index in [0.29, 0.717) is 0 Å². The molecule has 10 heteroatoms. The summed E-state index contributed by atoms with van der Waals surface area (Å²) in [5.74, 6) is -3.69. The molecule has 0 radical (unpaired) electrons. The second-order valence-corrected chi connectivity index (χ2v) is 12.7. The van der Waals surface area contributed by atoms with Gasteiger partial charge in [0.1, 0.15) is 23.7 Å². The monoisotopic (exact) mass is 552 g/mol. The summed E-state index contributed by atoms with van der Waals surface area (Å²) in [5, 5.41) is 22.2. The minimum Gasteiger partial charge on any atom is -0.498 e. The van der Waals surface area contributed by atoms with Crippen LogP contribution in [0.3, 0.4) is 0 Å². The lowest BCUT2D eigenvalue weighted by atomic mass is 9.44. The van der Waals surface area contributed by atoms with Crippen molar-refractivity contribution in [2.24, 2.45) is 17.3 Å². The molecule has 3 saturated heterocycles. The maximum atomic E-state index is 14.8. The molecule has 0 aromatic carbocycles. The van der Waals surface area contributed by atoms with Gasteiger partial charge in [-0.3, -0.25) is 19.2 Å². The van der Waals surface area contributed by atoms with Gasteiger partial charge in [-0.2, -0.15) is 0 Å². The van der Waals surface area contributed by atoms with Crippen LogP contribution in [0.4, 0.5) is 0 Å². The third-order valence-electron chi connectivity index (χ3n) is 9.91. The van der Waals surface area contributed by atoms with Crippen molar-refractivity contribution in [3.63, 3.8) is 0 Å². The molecule has 5 heterocycles. The van der Waals surface area contributed by atoms with E-state index in [1.807, 2.05) is 0 Å². The number of aliphatic hydroxyl groups excluding tert-OH is 2. The smallest absolute Gasteiger partial charge is 0.197 e. The van der Waals surface area contributed by atoms with Crippen molar-refractivity contribution in [3.8, 4) is 0 Å². The van der Waals surface area contributed by atoms with Crippen molar-refractivity contribution in [1.82, 2.24) is 0 Å². The van der Waals surface area contributed by atoms with Gasteiger partial charge < -0.3 is 29.2 Å². The number of epoxide rings is 2. The van der Waals surface area contributed by atoms with Gasteiger partial charge in [-0.1, -0.05) is 23.3 Å². The van der Waals surface area contributed by atoms with Crippen LogP contribution in [0.2, 0.25) is 0 Å². The minimum atomic E-state index is -1.83. The number of Topliss-reactive ketones (excluding diaryl/α,β-unsaturated/α-hetero) is 4. The molecule has 3 aliphatic carbocycles. The molecule has 212 valence electrons. The normalized spacial score (nSPS) is 47.0. The van der Waals surface area contributed by atoms with Crippen LogP contribution in [0, 0.1) is 17.3 Å². The summed E-state index contributed by atoms with van der Waals surface area (Å²) in [6.45, 7) is 10.6. The van der Waals surface area contributed by atoms with Crippen LogP contribution >= 0.6 is 0 Å². The summed E-state index contributed by atoms with van der Waals surface area (Å²) in [4.78, 5) is 56.9. The zero-order valence-electron chi connectivity index (χ0n) is 23.1. The van der Waals surface area contributed by atoms with E-state index in [4.69, 9.17) is 18.9 Å². The van der Waals surface area contributed by atoms with Gasteiger partial charge in [0, 0.05) is 28.6 Å². The third kappa shape index (κ3) is 2.68. The molecule has 2 N–H and O–H groups in total. The molecule has 10 nitrogen and oxygen atoms in total. The van der Waals surface area contributed by atoms with E-state index in [0.717, 1.165) is 11.1 Å². The molecule has 40 heavy (non-hydrogen) atoms. The van der Waals surface area contributed by atoms with E-state index >= 15 is 0 Å². The topological polar surface area (TPSA) is 152 Å². The van der Waals surface area contributed by atoms with E-state index in [9.17, 15) is 29.4 Å². The van der Waals surface area contributed by atoms with Gasteiger partial charge in [0.15, 0.2) is 46.5 Å². The Labute approximate surface area is 230 Å². The van der Waals surface area contributed by atoms with Crippen LogP contribution < -0.4 is 0 Å². The number of carbonyl (C=O) groups excluding carboxylic acids is 4. The van der Waals surface area contributed by atoms with Gasteiger partial charge >= 0.3 is 0 Å². The van der Waals surface area contributed by atoms with Crippen LogP contribution in [0.25, 0.3) is 0 Å². The first-order chi connectivity index (χ1) is 18.8. The molecule has 8 rings (SSSR count). The molecule has 1 saturated carbocycles. The number of hydrogen-bond acceptors (Lipinski definition) is 10. The molecule has 4 fully saturated rings. The molecule has 8 aliphatic rings. The Kier molecular flexibility index (Phi) is 5.06.